The summed E-state index contributed by atoms with van der Waals surface area (Å²) in [5.74, 6) is 0.670. The Labute approximate surface area is 162 Å². The summed E-state index contributed by atoms with van der Waals surface area (Å²) in [5, 5.41) is 3.85. The Kier molecular flexibility index (Phi) is 4.53. The van der Waals surface area contributed by atoms with Gasteiger partial charge < -0.3 is 14.8 Å². The molecule has 1 fully saturated rings. The zero-order chi connectivity index (χ0) is 19.0. The number of benzene rings is 2. The minimum atomic E-state index is -0.419. The number of nitrogens with one attached hydrogen (secondary N) is 1. The summed E-state index contributed by atoms with van der Waals surface area (Å²) in [7, 11) is 1.54. The van der Waals surface area contributed by atoms with Gasteiger partial charge in [0.05, 0.1) is 29.3 Å². The summed E-state index contributed by atoms with van der Waals surface area (Å²) in [6.45, 7) is 0.775. The fourth-order valence-corrected chi connectivity index (χ4v) is 3.22. The third-order valence-corrected chi connectivity index (χ3v) is 4.78. The SMILES string of the molecule is COc1ccc(Nc2ncnc3cc(F)c(Br)cc23)cc1N1CCOC1=O. The Hall–Kier alpha value is -2.94. The molecule has 9 heteroatoms. The third kappa shape index (κ3) is 3.25. The number of anilines is 3. The van der Waals surface area contributed by atoms with E-state index < -0.39 is 11.9 Å². The van der Waals surface area contributed by atoms with Crippen molar-refractivity contribution >= 4 is 50.1 Å². The van der Waals surface area contributed by atoms with Gasteiger partial charge in [-0.1, -0.05) is 0 Å². The van der Waals surface area contributed by atoms with Crippen molar-refractivity contribution in [2.24, 2.45) is 0 Å². The van der Waals surface area contributed by atoms with Crippen molar-refractivity contribution in [3.8, 4) is 5.75 Å². The largest absolute Gasteiger partial charge is 0.495 e. The molecule has 0 saturated carbocycles. The highest BCUT2D eigenvalue weighted by Gasteiger charge is 2.26. The molecule has 0 atom stereocenters. The summed E-state index contributed by atoms with van der Waals surface area (Å²) in [6, 6.07) is 8.29. The molecule has 2 aromatic carbocycles. The van der Waals surface area contributed by atoms with Crippen LogP contribution in [0.4, 0.5) is 26.4 Å². The van der Waals surface area contributed by atoms with Gasteiger partial charge >= 0.3 is 6.09 Å². The second-order valence-corrected chi connectivity index (χ2v) is 6.64. The van der Waals surface area contributed by atoms with Crippen LogP contribution in [0.5, 0.6) is 5.75 Å². The number of cyclic esters (lactones) is 1. The second kappa shape index (κ2) is 6.99. The van der Waals surface area contributed by atoms with Gasteiger partial charge in [0.25, 0.3) is 0 Å². The number of amides is 1. The molecule has 0 aliphatic carbocycles. The molecule has 1 amide bonds. The van der Waals surface area contributed by atoms with E-state index in [0.29, 0.717) is 51.5 Å². The molecular weight excluding hydrogens is 419 g/mol. The molecule has 0 spiro atoms. The number of rotatable bonds is 4. The predicted molar refractivity (Wildman–Crippen MR) is 102 cm³/mol. The van der Waals surface area contributed by atoms with Crippen molar-refractivity contribution in [1.82, 2.24) is 9.97 Å². The number of hydrogen-bond acceptors (Lipinski definition) is 6. The Morgan fingerprint density at radius 1 is 1.30 bits per heavy atom. The van der Waals surface area contributed by atoms with E-state index in [0.717, 1.165) is 0 Å². The fraction of sp³-hybridized carbons (Fsp3) is 0.167. The molecule has 7 nitrogen and oxygen atoms in total. The lowest BCUT2D eigenvalue weighted by molar-refractivity contribution is 0.181. The van der Waals surface area contributed by atoms with Crippen molar-refractivity contribution in [3.05, 3.63) is 46.9 Å². The van der Waals surface area contributed by atoms with Crippen molar-refractivity contribution in [2.75, 3.05) is 30.5 Å². The standard InChI is InChI=1S/C18H14BrFN4O3/c1-26-16-3-2-10(6-15(16)24-4-5-27-18(24)25)23-17-11-7-12(19)13(20)8-14(11)21-9-22-17/h2-3,6-9H,4-5H2,1H3,(H,21,22,23). The molecule has 1 aliphatic rings. The van der Waals surface area contributed by atoms with E-state index >= 15 is 0 Å². The van der Waals surface area contributed by atoms with E-state index in [1.165, 1.54) is 24.4 Å². The van der Waals surface area contributed by atoms with Gasteiger partial charge in [-0.15, -0.1) is 0 Å². The van der Waals surface area contributed by atoms with Crippen molar-refractivity contribution in [2.45, 2.75) is 0 Å². The maximum atomic E-state index is 13.8. The highest BCUT2D eigenvalue weighted by Crippen LogP contribution is 2.35. The molecule has 138 valence electrons. The first-order chi connectivity index (χ1) is 13.1. The Bertz CT molecular complexity index is 1050. The first-order valence-corrected chi connectivity index (χ1v) is 8.85. The first kappa shape index (κ1) is 17.5. The minimum Gasteiger partial charge on any atom is -0.495 e. The van der Waals surface area contributed by atoms with E-state index in [-0.39, 0.29) is 0 Å². The fourth-order valence-electron chi connectivity index (χ4n) is 2.88. The number of halogens is 2. The highest BCUT2D eigenvalue weighted by molar-refractivity contribution is 9.10. The monoisotopic (exact) mass is 432 g/mol. The number of carbonyl (C=O) groups is 1. The predicted octanol–water partition coefficient (Wildman–Crippen LogP) is 4.24. The van der Waals surface area contributed by atoms with E-state index in [1.807, 2.05) is 0 Å². The van der Waals surface area contributed by atoms with Crippen molar-refractivity contribution in [1.29, 1.82) is 0 Å². The van der Waals surface area contributed by atoms with E-state index in [9.17, 15) is 9.18 Å². The second-order valence-electron chi connectivity index (χ2n) is 5.78. The molecule has 1 aromatic heterocycles. The quantitative estimate of drug-likeness (QED) is 0.664. The highest BCUT2D eigenvalue weighted by atomic mass is 79.9. The average molecular weight is 433 g/mol. The van der Waals surface area contributed by atoms with Crippen LogP contribution in [0.2, 0.25) is 0 Å². The molecule has 27 heavy (non-hydrogen) atoms. The van der Waals surface area contributed by atoms with Gasteiger partial charge in [-0.25, -0.2) is 19.2 Å². The van der Waals surface area contributed by atoms with Crippen LogP contribution in [0.15, 0.2) is 41.1 Å². The lowest BCUT2D eigenvalue weighted by Crippen LogP contribution is -2.23. The van der Waals surface area contributed by atoms with Crippen LogP contribution in [0.25, 0.3) is 10.9 Å². The number of carbonyl (C=O) groups excluding carboxylic acids is 1. The number of nitrogens with zero attached hydrogens (tertiary/aromatic N) is 3. The van der Waals surface area contributed by atoms with Gasteiger partial charge in [0.15, 0.2) is 0 Å². The molecule has 4 rings (SSSR count). The molecule has 1 N–H and O–H groups in total. The molecule has 3 aromatic rings. The smallest absolute Gasteiger partial charge is 0.414 e. The van der Waals surface area contributed by atoms with Crippen molar-refractivity contribution < 1.29 is 18.7 Å². The van der Waals surface area contributed by atoms with Crippen LogP contribution < -0.4 is 15.0 Å². The minimum absolute atomic E-state index is 0.322. The average Bonchev–Trinajstić information content (AvgIpc) is 3.09. The van der Waals surface area contributed by atoms with Crippen molar-refractivity contribution in [3.63, 3.8) is 0 Å². The lowest BCUT2D eigenvalue weighted by Gasteiger charge is -2.18. The van der Waals surface area contributed by atoms with E-state index in [2.05, 4.69) is 31.2 Å². The number of hydrogen-bond donors (Lipinski definition) is 1. The Morgan fingerprint density at radius 2 is 2.15 bits per heavy atom. The summed E-state index contributed by atoms with van der Waals surface area (Å²) >= 11 is 3.18. The topological polar surface area (TPSA) is 76.6 Å². The first-order valence-electron chi connectivity index (χ1n) is 8.06. The van der Waals surface area contributed by atoms with Gasteiger partial charge in [-0.2, -0.15) is 0 Å². The summed E-state index contributed by atoms with van der Waals surface area (Å²) in [4.78, 5) is 21.8. The molecule has 0 radical (unpaired) electrons. The van der Waals surface area contributed by atoms with Crippen LogP contribution in [-0.4, -0.2) is 36.3 Å². The van der Waals surface area contributed by atoms with Gasteiger partial charge in [-0.3, -0.25) is 4.90 Å². The molecule has 1 saturated heterocycles. The summed E-state index contributed by atoms with van der Waals surface area (Å²) < 4.78 is 24.5. The number of fused-ring (bicyclic) bond motifs is 1. The van der Waals surface area contributed by atoms with Crippen LogP contribution in [0.1, 0.15) is 0 Å². The molecular formula is C18H14BrFN4O3. The molecule has 1 aliphatic heterocycles. The summed E-state index contributed by atoms with van der Waals surface area (Å²) in [6.07, 6.45) is 0.942. The summed E-state index contributed by atoms with van der Waals surface area (Å²) in [5.41, 5.74) is 1.76. The van der Waals surface area contributed by atoms with Gasteiger partial charge in [0, 0.05) is 17.1 Å². The van der Waals surface area contributed by atoms with Gasteiger partial charge in [0.2, 0.25) is 0 Å². The number of methoxy groups -OCH3 is 1. The van der Waals surface area contributed by atoms with Crippen LogP contribution in [0.3, 0.4) is 0 Å². The number of aromatic nitrogens is 2. The zero-order valence-electron chi connectivity index (χ0n) is 14.2. The van der Waals surface area contributed by atoms with Crippen LogP contribution in [0, 0.1) is 5.82 Å². The molecule has 0 bridgehead atoms. The van der Waals surface area contributed by atoms with Gasteiger partial charge in [-0.05, 0) is 40.2 Å². The maximum absolute atomic E-state index is 13.8. The lowest BCUT2D eigenvalue weighted by atomic mass is 10.2. The molecule has 0 unspecified atom stereocenters. The normalized spacial score (nSPS) is 13.7. The molecule has 2 heterocycles. The van der Waals surface area contributed by atoms with E-state index in [1.54, 1.807) is 24.3 Å². The number of ether oxygens (including phenoxy) is 2. The Morgan fingerprint density at radius 3 is 2.89 bits per heavy atom. The van der Waals surface area contributed by atoms with Crippen LogP contribution >= 0.6 is 15.9 Å². The van der Waals surface area contributed by atoms with E-state index in [4.69, 9.17) is 9.47 Å². The Balaban J connectivity index is 1.74. The maximum Gasteiger partial charge on any atom is 0.414 e. The zero-order valence-corrected chi connectivity index (χ0v) is 15.8. The van der Waals surface area contributed by atoms with Crippen LogP contribution in [-0.2, 0) is 4.74 Å². The van der Waals surface area contributed by atoms with Gasteiger partial charge in [0.1, 0.15) is 30.3 Å². The third-order valence-electron chi connectivity index (χ3n) is 4.17.